The van der Waals surface area contributed by atoms with E-state index in [0.29, 0.717) is 6.54 Å². The van der Waals surface area contributed by atoms with Crippen molar-refractivity contribution in [1.82, 2.24) is 10.6 Å². The molecule has 1 aromatic carbocycles. The lowest BCUT2D eigenvalue weighted by atomic mass is 10.0. The summed E-state index contributed by atoms with van der Waals surface area (Å²) >= 11 is 0. The van der Waals surface area contributed by atoms with E-state index in [1.807, 2.05) is 25.1 Å². The number of rotatable bonds is 4. The van der Waals surface area contributed by atoms with Crippen molar-refractivity contribution in [3.63, 3.8) is 0 Å². The van der Waals surface area contributed by atoms with E-state index in [1.54, 1.807) is 0 Å². The zero-order valence-corrected chi connectivity index (χ0v) is 11.4. The van der Waals surface area contributed by atoms with Crippen molar-refractivity contribution in [3.05, 3.63) is 29.3 Å². The molecule has 1 atom stereocenters. The van der Waals surface area contributed by atoms with Gasteiger partial charge in [0, 0.05) is 32.4 Å². The van der Waals surface area contributed by atoms with Crippen molar-refractivity contribution in [1.29, 1.82) is 0 Å². The molecule has 0 spiro atoms. The van der Waals surface area contributed by atoms with Gasteiger partial charge in [0.25, 0.3) is 0 Å². The van der Waals surface area contributed by atoms with Gasteiger partial charge in [-0.05, 0) is 30.5 Å². The van der Waals surface area contributed by atoms with Crippen LogP contribution in [0.5, 0.6) is 0 Å². The molecule has 5 heteroatoms. The van der Waals surface area contributed by atoms with E-state index in [4.69, 9.17) is 0 Å². The second-order valence-electron chi connectivity index (χ2n) is 4.82. The van der Waals surface area contributed by atoms with E-state index in [-0.39, 0.29) is 12.6 Å². The number of amides is 2. The molecule has 0 saturated heterocycles. The number of aliphatic hydroxyl groups excluding tert-OH is 1. The second kappa shape index (κ2) is 5.93. The number of hydrogen-bond donors (Lipinski definition) is 3. The monoisotopic (exact) mass is 263 g/mol. The normalized spacial score (nSPS) is 15.0. The Morgan fingerprint density at radius 1 is 1.47 bits per heavy atom. The molecule has 2 amide bonds. The van der Waals surface area contributed by atoms with Crippen molar-refractivity contribution in [2.75, 3.05) is 31.6 Å². The summed E-state index contributed by atoms with van der Waals surface area (Å²) in [6.45, 7) is 3.67. The molecule has 1 heterocycles. The van der Waals surface area contributed by atoms with E-state index < -0.39 is 6.10 Å². The number of nitrogens with one attached hydrogen (secondary N) is 2. The molecule has 0 aliphatic carbocycles. The molecule has 3 N–H and O–H groups in total. The Kier molecular flexibility index (Phi) is 4.27. The fourth-order valence-corrected chi connectivity index (χ4v) is 2.32. The summed E-state index contributed by atoms with van der Waals surface area (Å²) < 4.78 is 0. The molecule has 0 saturated carbocycles. The van der Waals surface area contributed by atoms with Crippen LogP contribution < -0.4 is 15.5 Å². The number of fused-ring (bicyclic) bond motifs is 1. The van der Waals surface area contributed by atoms with Crippen LogP contribution in [-0.2, 0) is 6.42 Å². The van der Waals surface area contributed by atoms with E-state index in [1.165, 1.54) is 11.3 Å². The van der Waals surface area contributed by atoms with Crippen LogP contribution in [-0.4, -0.2) is 37.8 Å². The molecule has 0 fully saturated rings. The van der Waals surface area contributed by atoms with Gasteiger partial charge in [0.15, 0.2) is 0 Å². The molecule has 0 unspecified atom stereocenters. The largest absolute Gasteiger partial charge is 0.387 e. The van der Waals surface area contributed by atoms with Crippen LogP contribution in [0.1, 0.15) is 24.2 Å². The number of urea groups is 1. The Balaban J connectivity index is 1.96. The minimum absolute atomic E-state index is 0.223. The van der Waals surface area contributed by atoms with Crippen LogP contribution >= 0.6 is 0 Å². The van der Waals surface area contributed by atoms with Crippen molar-refractivity contribution in [3.8, 4) is 0 Å². The fraction of sp³-hybridized carbons (Fsp3) is 0.500. The Hall–Kier alpha value is -1.75. The highest BCUT2D eigenvalue weighted by Gasteiger charge is 2.18. The minimum Gasteiger partial charge on any atom is -0.387 e. The van der Waals surface area contributed by atoms with Gasteiger partial charge in [-0.3, -0.25) is 0 Å². The molecule has 0 radical (unpaired) electrons. The minimum atomic E-state index is -0.668. The lowest BCUT2D eigenvalue weighted by molar-refractivity contribution is 0.173. The number of benzene rings is 1. The van der Waals surface area contributed by atoms with E-state index in [0.717, 1.165) is 18.5 Å². The molecular formula is C14H21N3O2. The highest BCUT2D eigenvalue weighted by molar-refractivity contribution is 5.73. The number of nitrogens with zero attached hydrogens (tertiary/aromatic N) is 1. The predicted molar refractivity (Wildman–Crippen MR) is 75.5 cm³/mol. The van der Waals surface area contributed by atoms with Crippen molar-refractivity contribution in [2.45, 2.75) is 19.4 Å². The Bertz CT molecular complexity index is 462. The van der Waals surface area contributed by atoms with Crippen LogP contribution in [0.3, 0.4) is 0 Å². The average Bonchev–Trinajstić information content (AvgIpc) is 2.77. The van der Waals surface area contributed by atoms with Gasteiger partial charge in [-0.2, -0.15) is 0 Å². The van der Waals surface area contributed by atoms with Crippen molar-refractivity contribution >= 4 is 11.7 Å². The van der Waals surface area contributed by atoms with Gasteiger partial charge in [-0.15, -0.1) is 0 Å². The first kappa shape index (κ1) is 13.7. The lowest BCUT2D eigenvalue weighted by Gasteiger charge is -2.15. The van der Waals surface area contributed by atoms with Gasteiger partial charge in [0.1, 0.15) is 0 Å². The molecule has 19 heavy (non-hydrogen) atoms. The molecule has 0 bridgehead atoms. The number of likely N-dealkylation sites (N-methyl/N-ethyl adjacent to an activating group) is 1. The van der Waals surface area contributed by atoms with Crippen molar-refractivity contribution < 1.29 is 9.90 Å². The molecular weight excluding hydrogens is 242 g/mol. The summed E-state index contributed by atoms with van der Waals surface area (Å²) in [4.78, 5) is 13.5. The lowest BCUT2D eigenvalue weighted by Crippen LogP contribution is -2.37. The van der Waals surface area contributed by atoms with E-state index >= 15 is 0 Å². The maximum atomic E-state index is 11.3. The molecule has 2 rings (SSSR count). The number of anilines is 1. The maximum Gasteiger partial charge on any atom is 0.314 e. The third-order valence-corrected chi connectivity index (χ3v) is 3.41. The fourth-order valence-electron chi connectivity index (χ4n) is 2.32. The summed E-state index contributed by atoms with van der Waals surface area (Å²) in [5.41, 5.74) is 3.34. The first-order valence-corrected chi connectivity index (χ1v) is 6.65. The summed E-state index contributed by atoms with van der Waals surface area (Å²) in [6, 6.07) is 5.74. The molecule has 1 aliphatic heterocycles. The highest BCUT2D eigenvalue weighted by atomic mass is 16.3. The quantitative estimate of drug-likeness (QED) is 0.760. The smallest absolute Gasteiger partial charge is 0.314 e. The zero-order valence-electron chi connectivity index (χ0n) is 11.4. The van der Waals surface area contributed by atoms with Crippen LogP contribution in [0.15, 0.2) is 18.2 Å². The third-order valence-electron chi connectivity index (χ3n) is 3.41. The number of carbonyl (C=O) groups excluding carboxylic acids is 1. The topological polar surface area (TPSA) is 64.6 Å². The zero-order chi connectivity index (χ0) is 13.8. The first-order chi connectivity index (χ1) is 9.11. The van der Waals surface area contributed by atoms with Crippen LogP contribution in [0, 0.1) is 0 Å². The molecule has 1 aliphatic rings. The van der Waals surface area contributed by atoms with Crippen LogP contribution in [0.25, 0.3) is 0 Å². The number of carbonyl (C=O) groups is 1. The SMILES string of the molecule is CCNC(=O)NC[C@@H](O)c1ccc2c(c1)CCN2C. The first-order valence-electron chi connectivity index (χ1n) is 6.65. The van der Waals surface area contributed by atoms with Gasteiger partial charge in [0.2, 0.25) is 0 Å². The van der Waals surface area contributed by atoms with Gasteiger partial charge in [0.05, 0.1) is 6.10 Å². The van der Waals surface area contributed by atoms with Gasteiger partial charge >= 0.3 is 6.03 Å². The average molecular weight is 263 g/mol. The van der Waals surface area contributed by atoms with Crippen molar-refractivity contribution in [2.24, 2.45) is 0 Å². The Labute approximate surface area is 113 Å². The second-order valence-corrected chi connectivity index (χ2v) is 4.82. The van der Waals surface area contributed by atoms with Crippen LogP contribution in [0.4, 0.5) is 10.5 Å². The summed E-state index contributed by atoms with van der Waals surface area (Å²) in [6.07, 6.45) is 0.342. The van der Waals surface area contributed by atoms with Gasteiger partial charge < -0.3 is 20.6 Å². The maximum absolute atomic E-state index is 11.3. The standard InChI is InChI=1S/C14H21N3O2/c1-3-15-14(19)16-9-13(18)11-4-5-12-10(8-11)6-7-17(12)2/h4-5,8,13,18H,3,6-7,9H2,1-2H3,(H2,15,16,19)/t13-/m1/s1. The summed E-state index contributed by atoms with van der Waals surface area (Å²) in [5, 5.41) is 15.4. The van der Waals surface area contributed by atoms with Gasteiger partial charge in [-0.1, -0.05) is 12.1 Å². The predicted octanol–water partition coefficient (Wildman–Crippen LogP) is 1.03. The summed E-state index contributed by atoms with van der Waals surface area (Å²) in [7, 11) is 2.07. The number of hydrogen-bond acceptors (Lipinski definition) is 3. The molecule has 1 aromatic rings. The summed E-state index contributed by atoms with van der Waals surface area (Å²) in [5.74, 6) is 0. The number of aliphatic hydroxyl groups is 1. The molecule has 104 valence electrons. The van der Waals surface area contributed by atoms with Crippen LogP contribution in [0.2, 0.25) is 0 Å². The molecule has 0 aromatic heterocycles. The third kappa shape index (κ3) is 3.17. The van der Waals surface area contributed by atoms with E-state index in [2.05, 4.69) is 22.6 Å². The highest BCUT2D eigenvalue weighted by Crippen LogP contribution is 2.29. The van der Waals surface area contributed by atoms with Gasteiger partial charge in [-0.25, -0.2) is 4.79 Å². The van der Waals surface area contributed by atoms with E-state index in [9.17, 15) is 9.90 Å². The Morgan fingerprint density at radius 2 is 2.26 bits per heavy atom. The Morgan fingerprint density at radius 3 is 3.00 bits per heavy atom. The molecule has 5 nitrogen and oxygen atoms in total.